The van der Waals surface area contributed by atoms with Gasteiger partial charge in [-0.2, -0.15) is 4.31 Å². The summed E-state index contributed by atoms with van der Waals surface area (Å²) in [6, 6.07) is -0.0484. The van der Waals surface area contributed by atoms with Crippen LogP contribution in [0.1, 0.15) is 23.5 Å². The number of hydrogen-bond acceptors (Lipinski definition) is 6. The normalized spacial score (nSPS) is 32.5. The number of thiazole rings is 1. The molecule has 6 nitrogen and oxygen atoms in total. The molecular weight excluding hydrogens is 324 g/mol. The highest BCUT2D eigenvalue weighted by atomic mass is 32.2. The molecule has 22 heavy (non-hydrogen) atoms. The van der Waals surface area contributed by atoms with Gasteiger partial charge in [-0.3, -0.25) is 0 Å². The number of nitrogens with zero attached hydrogens (tertiary/aromatic N) is 2. The molecular formula is C14H20N2O4S2. The summed E-state index contributed by atoms with van der Waals surface area (Å²) in [5.74, 6) is 0.147. The summed E-state index contributed by atoms with van der Waals surface area (Å²) in [5, 5.41) is 2.84. The number of fused-ring (bicyclic) bond motifs is 1. The molecule has 3 atom stereocenters. The van der Waals surface area contributed by atoms with Crippen molar-refractivity contribution >= 4 is 21.4 Å². The lowest BCUT2D eigenvalue weighted by atomic mass is 10.0. The lowest BCUT2D eigenvalue weighted by molar-refractivity contribution is 0.0114. The van der Waals surface area contributed by atoms with Crippen LogP contribution in [0, 0.1) is 12.8 Å². The van der Waals surface area contributed by atoms with Gasteiger partial charge in [-0.05, 0) is 19.8 Å². The third-order valence-corrected chi connectivity index (χ3v) is 7.89. The summed E-state index contributed by atoms with van der Waals surface area (Å²) < 4.78 is 38.3. The van der Waals surface area contributed by atoms with Gasteiger partial charge in [-0.25, -0.2) is 13.4 Å². The van der Waals surface area contributed by atoms with Crippen molar-refractivity contribution in [2.75, 3.05) is 19.8 Å². The van der Waals surface area contributed by atoms with E-state index in [0.29, 0.717) is 26.4 Å². The number of aromatic nitrogens is 1. The molecule has 3 heterocycles. The van der Waals surface area contributed by atoms with Gasteiger partial charge in [-0.15, -0.1) is 11.3 Å². The van der Waals surface area contributed by atoms with Gasteiger partial charge >= 0.3 is 0 Å². The number of rotatable bonds is 5. The van der Waals surface area contributed by atoms with Crippen molar-refractivity contribution < 1.29 is 17.9 Å². The Morgan fingerprint density at radius 1 is 1.45 bits per heavy atom. The molecule has 3 fully saturated rings. The quantitative estimate of drug-likeness (QED) is 0.802. The molecule has 0 spiro atoms. The smallest absolute Gasteiger partial charge is 0.217 e. The van der Waals surface area contributed by atoms with Crippen LogP contribution in [0.3, 0.4) is 0 Å². The van der Waals surface area contributed by atoms with Gasteiger partial charge in [0.2, 0.25) is 10.0 Å². The third kappa shape index (κ3) is 2.60. The van der Waals surface area contributed by atoms with E-state index >= 15 is 0 Å². The van der Waals surface area contributed by atoms with Crippen LogP contribution < -0.4 is 0 Å². The van der Waals surface area contributed by atoms with Crippen LogP contribution in [0.4, 0.5) is 0 Å². The van der Waals surface area contributed by atoms with E-state index in [2.05, 4.69) is 4.98 Å². The number of hydrogen-bond donors (Lipinski definition) is 0. The van der Waals surface area contributed by atoms with Crippen molar-refractivity contribution in [3.8, 4) is 0 Å². The fourth-order valence-electron chi connectivity index (χ4n) is 3.35. The van der Waals surface area contributed by atoms with Crippen LogP contribution in [-0.2, 0) is 26.1 Å². The van der Waals surface area contributed by atoms with E-state index in [4.69, 9.17) is 9.47 Å². The molecule has 2 saturated heterocycles. The van der Waals surface area contributed by atoms with E-state index < -0.39 is 10.0 Å². The molecule has 1 saturated carbocycles. The maximum Gasteiger partial charge on any atom is 0.217 e. The van der Waals surface area contributed by atoms with E-state index in [-0.39, 0.29) is 23.3 Å². The third-order valence-electron chi connectivity index (χ3n) is 4.68. The molecule has 0 radical (unpaired) electrons. The first kappa shape index (κ1) is 15.0. The zero-order valence-corrected chi connectivity index (χ0v) is 14.1. The minimum Gasteiger partial charge on any atom is -0.379 e. The van der Waals surface area contributed by atoms with Crippen molar-refractivity contribution in [1.29, 1.82) is 0 Å². The molecule has 0 N–H and O–H groups in total. The first-order chi connectivity index (χ1) is 10.6. The molecule has 1 aromatic heterocycles. The predicted octanol–water partition coefficient (Wildman–Crippen LogP) is 1.16. The second-order valence-electron chi connectivity index (χ2n) is 6.29. The average Bonchev–Trinajstić information content (AvgIpc) is 2.94. The monoisotopic (exact) mass is 344 g/mol. The summed E-state index contributed by atoms with van der Waals surface area (Å²) >= 11 is 1.60. The van der Waals surface area contributed by atoms with Gasteiger partial charge in [0.05, 0.1) is 47.9 Å². The minimum atomic E-state index is -3.17. The van der Waals surface area contributed by atoms with E-state index in [1.165, 1.54) is 0 Å². The van der Waals surface area contributed by atoms with E-state index in [0.717, 1.165) is 23.5 Å². The van der Waals surface area contributed by atoms with Gasteiger partial charge in [0, 0.05) is 17.8 Å². The van der Waals surface area contributed by atoms with Crippen LogP contribution in [0.15, 0.2) is 5.38 Å². The predicted molar refractivity (Wildman–Crippen MR) is 82.2 cm³/mol. The van der Waals surface area contributed by atoms with E-state index in [1.54, 1.807) is 15.6 Å². The Bertz CT molecular complexity index is 656. The SMILES string of the molecule is Cc1nc(CO[C@H]2CN(S(=O)(=O)C3CC3)[C@@H]3COC[C@H]23)cs1. The molecule has 0 bridgehead atoms. The minimum absolute atomic E-state index is 0.0484. The van der Waals surface area contributed by atoms with Crippen molar-refractivity contribution in [3.63, 3.8) is 0 Å². The highest BCUT2D eigenvalue weighted by molar-refractivity contribution is 7.90. The topological polar surface area (TPSA) is 68.7 Å². The standard InChI is InChI=1S/C14H20N2O4S2/c1-9-15-10(8-21-9)5-20-14-4-16(13-7-19-6-12(13)14)22(17,18)11-2-3-11/h8,11-14H,2-7H2,1H3/t12-,13+,14-/m0/s1. The van der Waals surface area contributed by atoms with E-state index in [9.17, 15) is 8.42 Å². The number of aryl methyl sites for hydroxylation is 1. The van der Waals surface area contributed by atoms with Crippen LogP contribution >= 0.6 is 11.3 Å². The van der Waals surface area contributed by atoms with Crippen LogP contribution in [0.25, 0.3) is 0 Å². The lowest BCUT2D eigenvalue weighted by Gasteiger charge is -2.21. The summed E-state index contributed by atoms with van der Waals surface area (Å²) in [5.41, 5.74) is 0.918. The Labute approximate surface area is 134 Å². The van der Waals surface area contributed by atoms with Gasteiger partial charge in [0.25, 0.3) is 0 Å². The average molecular weight is 344 g/mol. The van der Waals surface area contributed by atoms with Crippen molar-refractivity contribution in [2.24, 2.45) is 5.92 Å². The Morgan fingerprint density at radius 3 is 2.95 bits per heavy atom. The highest BCUT2D eigenvalue weighted by Crippen LogP contribution is 2.40. The van der Waals surface area contributed by atoms with Crippen LogP contribution in [0.5, 0.6) is 0 Å². The van der Waals surface area contributed by atoms with Gasteiger partial charge in [-0.1, -0.05) is 0 Å². The summed E-state index contributed by atoms with van der Waals surface area (Å²) in [7, 11) is -3.17. The van der Waals surface area contributed by atoms with Crippen LogP contribution in [-0.4, -0.2) is 54.9 Å². The van der Waals surface area contributed by atoms with Gasteiger partial charge in [0.1, 0.15) is 0 Å². The molecule has 0 amide bonds. The molecule has 1 aromatic rings. The zero-order chi connectivity index (χ0) is 15.3. The fraction of sp³-hybridized carbons (Fsp3) is 0.786. The molecule has 4 rings (SSSR count). The largest absolute Gasteiger partial charge is 0.379 e. The molecule has 0 aromatic carbocycles. The lowest BCUT2D eigenvalue weighted by Crippen LogP contribution is -2.40. The first-order valence-electron chi connectivity index (χ1n) is 7.66. The first-order valence-corrected chi connectivity index (χ1v) is 10.0. The Balaban J connectivity index is 1.47. The molecule has 8 heteroatoms. The summed E-state index contributed by atoms with van der Waals surface area (Å²) in [6.07, 6.45) is 1.49. The molecule has 0 unspecified atom stereocenters. The highest BCUT2D eigenvalue weighted by Gasteiger charge is 2.53. The fourth-order valence-corrected chi connectivity index (χ4v) is 6.01. The summed E-state index contributed by atoms with van der Waals surface area (Å²) in [4.78, 5) is 4.39. The Hall–Kier alpha value is -0.540. The Kier molecular flexibility index (Phi) is 3.77. The summed E-state index contributed by atoms with van der Waals surface area (Å²) in [6.45, 7) is 3.94. The second-order valence-corrected chi connectivity index (χ2v) is 9.52. The van der Waals surface area contributed by atoms with Gasteiger partial charge < -0.3 is 9.47 Å². The van der Waals surface area contributed by atoms with E-state index in [1.807, 2.05) is 12.3 Å². The molecule has 2 aliphatic heterocycles. The van der Waals surface area contributed by atoms with Crippen molar-refractivity contribution in [2.45, 2.75) is 43.8 Å². The molecule has 122 valence electrons. The van der Waals surface area contributed by atoms with Crippen LogP contribution in [0.2, 0.25) is 0 Å². The molecule has 3 aliphatic rings. The number of ether oxygens (including phenoxy) is 2. The number of sulfonamides is 1. The zero-order valence-electron chi connectivity index (χ0n) is 12.5. The Morgan fingerprint density at radius 2 is 2.27 bits per heavy atom. The van der Waals surface area contributed by atoms with Crippen molar-refractivity contribution in [1.82, 2.24) is 9.29 Å². The maximum absolute atomic E-state index is 12.6. The second kappa shape index (κ2) is 5.52. The van der Waals surface area contributed by atoms with Gasteiger partial charge in [0.15, 0.2) is 0 Å². The molecule has 1 aliphatic carbocycles. The maximum atomic E-state index is 12.6. The van der Waals surface area contributed by atoms with Crippen molar-refractivity contribution in [3.05, 3.63) is 16.1 Å².